The van der Waals surface area contributed by atoms with Crippen molar-refractivity contribution in [1.29, 1.82) is 0 Å². The summed E-state index contributed by atoms with van der Waals surface area (Å²) in [4.78, 5) is 14.7. The van der Waals surface area contributed by atoms with E-state index < -0.39 is 0 Å². The zero-order chi connectivity index (χ0) is 19.7. The Morgan fingerprint density at radius 2 is 1.74 bits per heavy atom. The molecule has 0 spiro atoms. The van der Waals surface area contributed by atoms with E-state index in [4.69, 9.17) is 14.2 Å². The van der Waals surface area contributed by atoms with Crippen LogP contribution in [0.15, 0.2) is 29.1 Å². The Balaban J connectivity index is 2.45. The van der Waals surface area contributed by atoms with Gasteiger partial charge < -0.3 is 24.2 Å². The molecule has 0 saturated carbocycles. The van der Waals surface area contributed by atoms with Crippen LogP contribution in [0.3, 0.4) is 0 Å². The number of benzene rings is 1. The van der Waals surface area contributed by atoms with Crippen molar-refractivity contribution in [3.8, 4) is 34.1 Å². The second kappa shape index (κ2) is 7.48. The van der Waals surface area contributed by atoms with Gasteiger partial charge in [0.15, 0.2) is 17.2 Å². The Kier molecular flexibility index (Phi) is 5.28. The molecule has 0 aromatic heterocycles. The molecular weight excluding hydrogens is 346 g/mol. The number of ether oxygens (including phenoxy) is 3. The first kappa shape index (κ1) is 19.0. The second-order valence-electron chi connectivity index (χ2n) is 6.79. The molecule has 1 N–H and O–H groups in total. The van der Waals surface area contributed by atoms with Gasteiger partial charge in [0.25, 0.3) is 0 Å². The lowest BCUT2D eigenvalue weighted by molar-refractivity contribution is 0.286. The van der Waals surface area contributed by atoms with E-state index in [1.54, 1.807) is 25.3 Å². The Morgan fingerprint density at radius 3 is 2.33 bits per heavy atom. The molecule has 0 amide bonds. The molecule has 1 aliphatic rings. The molecule has 0 saturated heterocycles. The highest BCUT2D eigenvalue weighted by Crippen LogP contribution is 2.50. The van der Waals surface area contributed by atoms with Gasteiger partial charge in [-0.25, -0.2) is 0 Å². The van der Waals surface area contributed by atoms with E-state index in [9.17, 15) is 9.90 Å². The van der Waals surface area contributed by atoms with Crippen molar-refractivity contribution in [2.45, 2.75) is 18.9 Å². The molecule has 1 atom stereocenters. The van der Waals surface area contributed by atoms with Gasteiger partial charge in [-0.05, 0) is 61.8 Å². The van der Waals surface area contributed by atoms with E-state index in [0.29, 0.717) is 5.75 Å². The van der Waals surface area contributed by atoms with Crippen LogP contribution < -0.4 is 19.6 Å². The number of nitrogens with zero attached hydrogens (tertiary/aromatic N) is 1. The number of methoxy groups -OCH3 is 3. The molecule has 6 nitrogen and oxygen atoms in total. The quantitative estimate of drug-likeness (QED) is 0.891. The molecule has 0 fully saturated rings. The highest BCUT2D eigenvalue weighted by Gasteiger charge is 2.29. The van der Waals surface area contributed by atoms with Gasteiger partial charge in [-0.3, -0.25) is 4.79 Å². The van der Waals surface area contributed by atoms with Gasteiger partial charge in [0, 0.05) is 11.6 Å². The Labute approximate surface area is 158 Å². The summed E-state index contributed by atoms with van der Waals surface area (Å²) in [6.45, 7) is 0. The lowest BCUT2D eigenvalue weighted by atomic mass is 9.95. The topological polar surface area (TPSA) is 68.2 Å². The maximum Gasteiger partial charge on any atom is 0.220 e. The first-order chi connectivity index (χ1) is 12.9. The Hall–Kier alpha value is -2.73. The zero-order valence-corrected chi connectivity index (χ0v) is 16.3. The molecule has 2 aromatic rings. The fourth-order valence-electron chi connectivity index (χ4n) is 3.85. The van der Waals surface area contributed by atoms with Crippen LogP contribution >= 0.6 is 0 Å². The summed E-state index contributed by atoms with van der Waals surface area (Å²) in [7, 11) is 8.52. The fraction of sp³-hybridized carbons (Fsp3) is 0.381. The van der Waals surface area contributed by atoms with E-state index in [0.717, 1.165) is 35.1 Å². The number of rotatable bonds is 4. The minimum atomic E-state index is -0.168. The van der Waals surface area contributed by atoms with Gasteiger partial charge in [-0.2, -0.15) is 0 Å². The summed E-state index contributed by atoms with van der Waals surface area (Å²) < 4.78 is 16.3. The maximum atomic E-state index is 12.6. The predicted molar refractivity (Wildman–Crippen MR) is 104 cm³/mol. The van der Waals surface area contributed by atoms with Crippen molar-refractivity contribution in [3.05, 3.63) is 45.6 Å². The number of hydrogen-bond acceptors (Lipinski definition) is 6. The van der Waals surface area contributed by atoms with Crippen molar-refractivity contribution in [2.75, 3.05) is 35.4 Å². The SMILES string of the molecule is COc1c(O)cc2c(c1OC)-c1ccc(OC)c(=O)cc1C(N(C)C)CC2. The zero-order valence-electron chi connectivity index (χ0n) is 16.3. The first-order valence-electron chi connectivity index (χ1n) is 8.78. The van der Waals surface area contributed by atoms with Crippen molar-refractivity contribution in [1.82, 2.24) is 4.90 Å². The number of aromatic hydroxyl groups is 1. The smallest absolute Gasteiger partial charge is 0.220 e. The molecule has 6 heteroatoms. The molecule has 0 radical (unpaired) electrons. The van der Waals surface area contributed by atoms with Crippen LogP contribution in [0.25, 0.3) is 11.1 Å². The molecule has 0 bridgehead atoms. The van der Waals surface area contributed by atoms with Gasteiger partial charge >= 0.3 is 0 Å². The van der Waals surface area contributed by atoms with Gasteiger partial charge in [0.2, 0.25) is 11.2 Å². The van der Waals surface area contributed by atoms with Crippen LogP contribution in [-0.4, -0.2) is 45.4 Å². The summed E-state index contributed by atoms with van der Waals surface area (Å²) in [5.41, 5.74) is 3.39. The molecule has 3 rings (SSSR count). The van der Waals surface area contributed by atoms with E-state index in [-0.39, 0.29) is 28.7 Å². The van der Waals surface area contributed by atoms with Crippen LogP contribution in [-0.2, 0) is 6.42 Å². The van der Waals surface area contributed by atoms with Gasteiger partial charge in [-0.15, -0.1) is 0 Å². The third-order valence-corrected chi connectivity index (χ3v) is 5.11. The number of phenolic OH excluding ortho intramolecular Hbond substituents is 1. The normalized spacial score (nSPS) is 15.6. The molecule has 1 unspecified atom stereocenters. The standard InChI is InChI=1S/C21H25NO5/c1-22(2)15-8-6-12-10-17(24)20(26-4)21(27-5)19(12)13-7-9-18(25-3)16(23)11-14(13)15/h7,9-11,15,24H,6,8H2,1-5H3. The monoisotopic (exact) mass is 371 g/mol. The van der Waals surface area contributed by atoms with E-state index in [2.05, 4.69) is 4.90 Å². The molecule has 2 aromatic carbocycles. The Morgan fingerprint density at radius 1 is 1.04 bits per heavy atom. The van der Waals surface area contributed by atoms with Crippen LogP contribution in [0.4, 0.5) is 0 Å². The minimum Gasteiger partial charge on any atom is -0.504 e. The van der Waals surface area contributed by atoms with Crippen LogP contribution in [0, 0.1) is 0 Å². The third-order valence-electron chi connectivity index (χ3n) is 5.11. The van der Waals surface area contributed by atoms with Crippen molar-refractivity contribution < 1.29 is 19.3 Å². The van der Waals surface area contributed by atoms with Crippen molar-refractivity contribution in [3.63, 3.8) is 0 Å². The molecule has 144 valence electrons. The summed E-state index contributed by atoms with van der Waals surface area (Å²) in [6.07, 6.45) is 1.53. The lowest BCUT2D eigenvalue weighted by Crippen LogP contribution is -2.20. The number of phenols is 1. The number of fused-ring (bicyclic) bond motifs is 3. The average molecular weight is 371 g/mol. The number of aryl methyl sites for hydroxylation is 1. The Bertz CT molecular complexity index is 923. The highest BCUT2D eigenvalue weighted by atomic mass is 16.5. The van der Waals surface area contributed by atoms with Crippen molar-refractivity contribution >= 4 is 0 Å². The summed E-state index contributed by atoms with van der Waals surface area (Å²) >= 11 is 0. The van der Waals surface area contributed by atoms with E-state index in [1.807, 2.05) is 20.2 Å². The van der Waals surface area contributed by atoms with Crippen LogP contribution in [0.1, 0.15) is 23.6 Å². The molecule has 0 heterocycles. The molecule has 1 aliphatic carbocycles. The first-order valence-corrected chi connectivity index (χ1v) is 8.78. The largest absolute Gasteiger partial charge is 0.504 e. The summed E-state index contributed by atoms with van der Waals surface area (Å²) in [5.74, 6) is 1.07. The molecular formula is C21H25NO5. The van der Waals surface area contributed by atoms with Gasteiger partial charge in [-0.1, -0.05) is 6.07 Å². The van der Waals surface area contributed by atoms with Crippen molar-refractivity contribution in [2.24, 2.45) is 0 Å². The van der Waals surface area contributed by atoms with Crippen LogP contribution in [0.5, 0.6) is 23.0 Å². The second-order valence-corrected chi connectivity index (χ2v) is 6.79. The summed E-state index contributed by atoms with van der Waals surface area (Å²) in [5, 5.41) is 10.4. The van der Waals surface area contributed by atoms with Gasteiger partial charge in [0.1, 0.15) is 0 Å². The highest BCUT2D eigenvalue weighted by molar-refractivity contribution is 5.82. The summed E-state index contributed by atoms with van der Waals surface area (Å²) in [6, 6.07) is 6.97. The fourth-order valence-corrected chi connectivity index (χ4v) is 3.85. The predicted octanol–water partition coefficient (Wildman–Crippen LogP) is 2.99. The lowest BCUT2D eigenvalue weighted by Gasteiger charge is -2.24. The van der Waals surface area contributed by atoms with E-state index >= 15 is 0 Å². The minimum absolute atomic E-state index is 0.0371. The number of hydrogen-bond donors (Lipinski definition) is 1. The average Bonchev–Trinajstić information content (AvgIpc) is 2.88. The molecule has 0 aliphatic heterocycles. The van der Waals surface area contributed by atoms with E-state index in [1.165, 1.54) is 14.2 Å². The molecule has 27 heavy (non-hydrogen) atoms. The van der Waals surface area contributed by atoms with Crippen LogP contribution in [0.2, 0.25) is 0 Å². The van der Waals surface area contributed by atoms with Gasteiger partial charge in [0.05, 0.1) is 21.3 Å². The third kappa shape index (κ3) is 3.21. The maximum absolute atomic E-state index is 12.6.